The van der Waals surface area contributed by atoms with Crippen molar-refractivity contribution < 1.29 is 5.11 Å². The Bertz CT molecular complexity index is 92.7. The Kier molecular flexibility index (Phi) is 6.98. The molecule has 0 aromatic rings. The summed E-state index contributed by atoms with van der Waals surface area (Å²) in [5, 5.41) is 9.86. The Morgan fingerprint density at radius 2 is 1.78 bits per heavy atom. The van der Waals surface area contributed by atoms with Gasteiger partial charge in [-0.05, 0) is 19.8 Å². The first-order valence-corrected chi connectivity index (χ1v) is 3.26. The lowest BCUT2D eigenvalue weighted by Gasteiger charge is -1.82. The van der Waals surface area contributed by atoms with Gasteiger partial charge in [0.2, 0.25) is 0 Å². The Hall–Kier alpha value is -0.560. The maximum Gasteiger partial charge on any atom is 0.100 e. The van der Waals surface area contributed by atoms with Gasteiger partial charge in [0.05, 0.1) is 0 Å². The Morgan fingerprint density at radius 3 is 2.33 bits per heavy atom. The maximum absolute atomic E-state index is 9.86. The average molecular weight is 125 g/mol. The molecule has 0 amide bonds. The van der Waals surface area contributed by atoms with Gasteiger partial charge in [-0.25, -0.2) is 5.11 Å². The molecule has 0 aromatic carbocycles. The summed E-state index contributed by atoms with van der Waals surface area (Å²) in [6.45, 7) is 1.91. The SMILES string of the molecule is CC=CCCC=CC[O]. The maximum atomic E-state index is 9.86. The third-order valence-electron chi connectivity index (χ3n) is 0.999. The topological polar surface area (TPSA) is 19.9 Å². The van der Waals surface area contributed by atoms with Crippen molar-refractivity contribution in [3.8, 4) is 0 Å². The van der Waals surface area contributed by atoms with E-state index in [0.717, 1.165) is 12.8 Å². The summed E-state index contributed by atoms with van der Waals surface area (Å²) in [5.41, 5.74) is 0. The molecular weight excluding hydrogens is 112 g/mol. The van der Waals surface area contributed by atoms with E-state index in [2.05, 4.69) is 6.08 Å². The van der Waals surface area contributed by atoms with Crippen molar-refractivity contribution in [1.82, 2.24) is 0 Å². The lowest BCUT2D eigenvalue weighted by atomic mass is 10.3. The standard InChI is InChI=1S/C8H13O/c1-2-3-4-5-6-7-8-9/h2-3,6-7H,4-5,8H2,1H3. The van der Waals surface area contributed by atoms with Crippen LogP contribution in [0.5, 0.6) is 0 Å². The Labute approximate surface area is 56.7 Å². The highest BCUT2D eigenvalue weighted by molar-refractivity contribution is 4.85. The molecule has 0 aliphatic rings. The molecule has 0 atom stereocenters. The summed E-state index contributed by atoms with van der Waals surface area (Å²) >= 11 is 0. The monoisotopic (exact) mass is 125 g/mol. The predicted octanol–water partition coefficient (Wildman–Crippen LogP) is 2.33. The van der Waals surface area contributed by atoms with Gasteiger partial charge in [0.1, 0.15) is 6.61 Å². The molecule has 0 rings (SSSR count). The van der Waals surface area contributed by atoms with Gasteiger partial charge >= 0.3 is 0 Å². The first-order valence-electron chi connectivity index (χ1n) is 3.26. The number of rotatable bonds is 4. The van der Waals surface area contributed by atoms with E-state index in [1.165, 1.54) is 0 Å². The summed E-state index contributed by atoms with van der Waals surface area (Å²) in [5.74, 6) is 0. The van der Waals surface area contributed by atoms with Gasteiger partial charge in [-0.2, -0.15) is 0 Å². The highest BCUT2D eigenvalue weighted by Gasteiger charge is 1.73. The highest BCUT2D eigenvalue weighted by atomic mass is 16.2. The molecule has 0 saturated heterocycles. The number of hydrogen-bond donors (Lipinski definition) is 0. The van der Waals surface area contributed by atoms with E-state index in [1.54, 1.807) is 6.08 Å². The van der Waals surface area contributed by atoms with E-state index < -0.39 is 0 Å². The van der Waals surface area contributed by atoms with Crippen molar-refractivity contribution in [2.45, 2.75) is 19.8 Å². The molecular formula is C8H13O. The van der Waals surface area contributed by atoms with Crippen LogP contribution in [0.1, 0.15) is 19.8 Å². The fourth-order valence-electron chi connectivity index (χ4n) is 0.545. The summed E-state index contributed by atoms with van der Waals surface area (Å²) < 4.78 is 0. The molecule has 0 aliphatic carbocycles. The fourth-order valence-corrected chi connectivity index (χ4v) is 0.545. The van der Waals surface area contributed by atoms with E-state index in [4.69, 9.17) is 0 Å². The van der Waals surface area contributed by atoms with Gasteiger partial charge in [0, 0.05) is 0 Å². The van der Waals surface area contributed by atoms with Crippen LogP contribution in [0, 0.1) is 0 Å². The molecule has 0 bridgehead atoms. The molecule has 0 heterocycles. The second-order valence-electron chi connectivity index (χ2n) is 1.78. The first kappa shape index (κ1) is 8.44. The zero-order chi connectivity index (χ0) is 6.95. The number of allylic oxidation sites excluding steroid dienone is 3. The number of unbranched alkanes of at least 4 members (excludes halogenated alkanes) is 1. The lowest BCUT2D eigenvalue weighted by molar-refractivity contribution is 0.232. The largest absolute Gasteiger partial charge is 0.232 e. The van der Waals surface area contributed by atoms with Gasteiger partial charge in [-0.3, -0.25) is 0 Å². The van der Waals surface area contributed by atoms with Gasteiger partial charge in [0.15, 0.2) is 0 Å². The third kappa shape index (κ3) is 7.44. The van der Waals surface area contributed by atoms with E-state index in [0.29, 0.717) is 0 Å². The minimum absolute atomic E-state index is 0.0875. The van der Waals surface area contributed by atoms with E-state index in [9.17, 15) is 5.11 Å². The molecule has 9 heavy (non-hydrogen) atoms. The zero-order valence-corrected chi connectivity index (χ0v) is 5.84. The first-order chi connectivity index (χ1) is 4.41. The second kappa shape index (κ2) is 7.44. The molecule has 0 aliphatic heterocycles. The van der Waals surface area contributed by atoms with Crippen molar-refractivity contribution in [1.29, 1.82) is 0 Å². The van der Waals surface area contributed by atoms with Crippen LogP contribution < -0.4 is 0 Å². The van der Waals surface area contributed by atoms with Crippen LogP contribution >= 0.6 is 0 Å². The van der Waals surface area contributed by atoms with Crippen LogP contribution in [0.25, 0.3) is 0 Å². The molecule has 1 heteroatoms. The number of hydrogen-bond acceptors (Lipinski definition) is 0. The van der Waals surface area contributed by atoms with Crippen molar-refractivity contribution in [3.05, 3.63) is 24.3 Å². The Balaban J connectivity index is 2.99. The summed E-state index contributed by atoms with van der Waals surface area (Å²) in [6, 6.07) is 0. The van der Waals surface area contributed by atoms with Crippen LogP contribution in [0.3, 0.4) is 0 Å². The molecule has 0 spiro atoms. The van der Waals surface area contributed by atoms with Crippen molar-refractivity contribution >= 4 is 0 Å². The fraction of sp³-hybridized carbons (Fsp3) is 0.500. The summed E-state index contributed by atoms with van der Waals surface area (Å²) in [4.78, 5) is 0. The third-order valence-corrected chi connectivity index (χ3v) is 0.999. The molecule has 1 radical (unpaired) electrons. The van der Waals surface area contributed by atoms with E-state index >= 15 is 0 Å². The van der Waals surface area contributed by atoms with Crippen molar-refractivity contribution in [2.24, 2.45) is 0 Å². The average Bonchev–Trinajstić information content (AvgIpc) is 1.89. The van der Waals surface area contributed by atoms with E-state index in [1.807, 2.05) is 19.1 Å². The molecule has 0 fully saturated rings. The molecule has 0 unspecified atom stereocenters. The van der Waals surface area contributed by atoms with Crippen LogP contribution in [-0.2, 0) is 5.11 Å². The molecule has 0 aromatic heterocycles. The quantitative estimate of drug-likeness (QED) is 0.406. The van der Waals surface area contributed by atoms with Crippen molar-refractivity contribution in [2.75, 3.05) is 6.61 Å². The Morgan fingerprint density at radius 1 is 1.11 bits per heavy atom. The van der Waals surface area contributed by atoms with Crippen molar-refractivity contribution in [3.63, 3.8) is 0 Å². The van der Waals surface area contributed by atoms with Crippen LogP contribution in [0.2, 0.25) is 0 Å². The van der Waals surface area contributed by atoms with Crippen LogP contribution in [0.15, 0.2) is 24.3 Å². The molecule has 0 saturated carbocycles. The van der Waals surface area contributed by atoms with Gasteiger partial charge in [-0.15, -0.1) is 0 Å². The van der Waals surface area contributed by atoms with Gasteiger partial charge in [0.25, 0.3) is 0 Å². The highest BCUT2D eigenvalue weighted by Crippen LogP contribution is 1.91. The smallest absolute Gasteiger partial charge is 0.100 e. The predicted molar refractivity (Wildman–Crippen MR) is 38.7 cm³/mol. The van der Waals surface area contributed by atoms with Gasteiger partial charge in [-0.1, -0.05) is 24.3 Å². The normalized spacial score (nSPS) is 11.8. The minimum Gasteiger partial charge on any atom is -0.232 e. The van der Waals surface area contributed by atoms with Crippen LogP contribution in [0.4, 0.5) is 0 Å². The molecule has 51 valence electrons. The van der Waals surface area contributed by atoms with Crippen LogP contribution in [-0.4, -0.2) is 6.61 Å². The zero-order valence-electron chi connectivity index (χ0n) is 5.84. The molecule has 0 N–H and O–H groups in total. The lowest BCUT2D eigenvalue weighted by Crippen LogP contribution is -1.68. The minimum atomic E-state index is -0.0875. The van der Waals surface area contributed by atoms with E-state index in [-0.39, 0.29) is 6.61 Å². The molecule has 1 nitrogen and oxygen atoms in total. The second-order valence-corrected chi connectivity index (χ2v) is 1.78. The summed E-state index contributed by atoms with van der Waals surface area (Å²) in [7, 11) is 0. The summed E-state index contributed by atoms with van der Waals surface area (Å²) in [6.07, 6.45) is 9.73. The van der Waals surface area contributed by atoms with Gasteiger partial charge < -0.3 is 0 Å².